The van der Waals surface area contributed by atoms with Crippen molar-refractivity contribution in [2.24, 2.45) is 0 Å². The van der Waals surface area contributed by atoms with E-state index in [4.69, 9.17) is 4.42 Å². The van der Waals surface area contributed by atoms with Crippen molar-refractivity contribution >= 4 is 21.0 Å². The lowest BCUT2D eigenvalue weighted by atomic mass is 9.94. The number of hydrogen-bond acceptors (Lipinski definition) is 5. The second-order valence-electron chi connectivity index (χ2n) is 5.31. The largest absolute Gasteiger partial charge is 0.423 e. The van der Waals surface area contributed by atoms with Crippen LogP contribution in [0.4, 0.5) is 0 Å². The minimum atomic E-state index is -3.63. The molecule has 0 atom stereocenters. The van der Waals surface area contributed by atoms with Crippen LogP contribution < -0.4 is 5.63 Å². The summed E-state index contributed by atoms with van der Waals surface area (Å²) in [6.07, 6.45) is 0.516. The zero-order valence-corrected chi connectivity index (χ0v) is 12.3. The number of rotatable bonds is 3. The molecule has 1 fully saturated rings. The third kappa shape index (κ3) is 2.37. The van der Waals surface area contributed by atoms with Crippen LogP contribution in [0.1, 0.15) is 13.3 Å². The minimum Gasteiger partial charge on any atom is -0.423 e. The predicted molar refractivity (Wildman–Crippen MR) is 76.5 cm³/mol. The van der Waals surface area contributed by atoms with Gasteiger partial charge in [-0.05, 0) is 30.7 Å². The number of benzene rings is 1. The zero-order chi connectivity index (χ0) is 15.3. The maximum absolute atomic E-state index is 12.5. The van der Waals surface area contributed by atoms with E-state index in [9.17, 15) is 18.3 Å². The van der Waals surface area contributed by atoms with E-state index in [2.05, 4.69) is 0 Å². The Kier molecular flexibility index (Phi) is 3.16. The molecule has 0 spiro atoms. The highest BCUT2D eigenvalue weighted by atomic mass is 32.2. The van der Waals surface area contributed by atoms with Crippen molar-refractivity contribution in [3.8, 4) is 0 Å². The van der Waals surface area contributed by atoms with Gasteiger partial charge in [0, 0.05) is 24.5 Å². The summed E-state index contributed by atoms with van der Waals surface area (Å²) in [7, 11) is -3.63. The van der Waals surface area contributed by atoms with Gasteiger partial charge in [-0.25, -0.2) is 13.2 Å². The molecule has 1 aromatic heterocycles. The Morgan fingerprint density at radius 1 is 1.29 bits per heavy atom. The highest BCUT2D eigenvalue weighted by molar-refractivity contribution is 7.89. The summed E-state index contributed by atoms with van der Waals surface area (Å²) < 4.78 is 31.1. The summed E-state index contributed by atoms with van der Waals surface area (Å²) in [6.45, 7) is 2.03. The van der Waals surface area contributed by atoms with E-state index in [0.717, 1.165) is 0 Å². The maximum atomic E-state index is 12.5. The van der Waals surface area contributed by atoms with Gasteiger partial charge >= 0.3 is 5.63 Å². The van der Waals surface area contributed by atoms with Gasteiger partial charge in [-0.1, -0.05) is 6.92 Å². The van der Waals surface area contributed by atoms with Gasteiger partial charge in [-0.15, -0.1) is 0 Å². The van der Waals surface area contributed by atoms with E-state index in [1.807, 2.05) is 6.92 Å². The molecule has 1 aliphatic heterocycles. The lowest BCUT2D eigenvalue weighted by Gasteiger charge is -2.44. The summed E-state index contributed by atoms with van der Waals surface area (Å²) >= 11 is 0. The number of fused-ring (bicyclic) bond motifs is 1. The van der Waals surface area contributed by atoms with Gasteiger partial charge in [-0.2, -0.15) is 4.31 Å². The maximum Gasteiger partial charge on any atom is 0.336 e. The summed E-state index contributed by atoms with van der Waals surface area (Å²) in [5, 5.41) is 10.5. The molecular weight excluding hydrogens is 294 g/mol. The second-order valence-corrected chi connectivity index (χ2v) is 7.24. The fourth-order valence-electron chi connectivity index (χ4n) is 2.36. The average molecular weight is 309 g/mol. The minimum absolute atomic E-state index is 0.105. The number of hydrogen-bond donors (Lipinski definition) is 1. The van der Waals surface area contributed by atoms with Gasteiger partial charge in [-0.3, -0.25) is 0 Å². The van der Waals surface area contributed by atoms with Crippen LogP contribution in [-0.4, -0.2) is 36.5 Å². The van der Waals surface area contributed by atoms with Crippen LogP contribution >= 0.6 is 0 Å². The Balaban J connectivity index is 1.97. The first kappa shape index (κ1) is 14.2. The molecule has 112 valence electrons. The van der Waals surface area contributed by atoms with Crippen LogP contribution in [0.2, 0.25) is 0 Å². The fraction of sp³-hybridized carbons (Fsp3) is 0.357. The van der Waals surface area contributed by atoms with Crippen LogP contribution in [0, 0.1) is 0 Å². The van der Waals surface area contributed by atoms with Crippen molar-refractivity contribution in [3.63, 3.8) is 0 Å². The van der Waals surface area contributed by atoms with Crippen molar-refractivity contribution in [2.75, 3.05) is 13.1 Å². The second kappa shape index (κ2) is 4.66. The van der Waals surface area contributed by atoms with Crippen molar-refractivity contribution in [1.29, 1.82) is 0 Å². The van der Waals surface area contributed by atoms with Gasteiger partial charge in [0.15, 0.2) is 0 Å². The molecule has 0 aliphatic carbocycles. The van der Waals surface area contributed by atoms with Gasteiger partial charge in [0.05, 0.1) is 10.5 Å². The molecule has 1 aliphatic rings. The molecule has 1 aromatic carbocycles. The highest BCUT2D eigenvalue weighted by Gasteiger charge is 2.45. The monoisotopic (exact) mass is 309 g/mol. The molecule has 0 saturated carbocycles. The fourth-order valence-corrected chi connectivity index (χ4v) is 4.00. The number of β-amino-alcohol motifs (C(OH)–C–C–N with tert-alkyl or cyclic N) is 1. The van der Waals surface area contributed by atoms with E-state index in [0.29, 0.717) is 17.4 Å². The number of sulfonamides is 1. The molecule has 0 amide bonds. The predicted octanol–water partition coefficient (Wildman–Crippen LogP) is 0.938. The highest BCUT2D eigenvalue weighted by Crippen LogP contribution is 2.31. The summed E-state index contributed by atoms with van der Waals surface area (Å²) in [4.78, 5) is 11.2. The first-order chi connectivity index (χ1) is 9.84. The van der Waals surface area contributed by atoms with Gasteiger partial charge in [0.1, 0.15) is 5.58 Å². The molecule has 6 nitrogen and oxygen atoms in total. The van der Waals surface area contributed by atoms with E-state index in [1.165, 1.54) is 34.6 Å². The van der Waals surface area contributed by atoms with Crippen molar-refractivity contribution in [2.45, 2.75) is 23.8 Å². The third-order valence-corrected chi connectivity index (χ3v) is 5.62. The average Bonchev–Trinajstić information content (AvgIpc) is 2.43. The van der Waals surface area contributed by atoms with Gasteiger partial charge in [0.2, 0.25) is 10.0 Å². The number of aliphatic hydroxyl groups is 1. The Morgan fingerprint density at radius 2 is 2.00 bits per heavy atom. The summed E-state index contributed by atoms with van der Waals surface area (Å²) in [5.41, 5.74) is -1.06. The molecule has 0 unspecified atom stereocenters. The first-order valence-corrected chi connectivity index (χ1v) is 8.05. The molecule has 1 saturated heterocycles. The summed E-state index contributed by atoms with van der Waals surface area (Å²) in [6, 6.07) is 7.12. The lowest BCUT2D eigenvalue weighted by molar-refractivity contribution is -0.0613. The molecule has 0 bridgehead atoms. The molecular formula is C14H15NO5S. The molecule has 2 aromatic rings. The van der Waals surface area contributed by atoms with E-state index >= 15 is 0 Å². The first-order valence-electron chi connectivity index (χ1n) is 6.60. The standard InChI is InChI=1S/C14H15NO5S/c1-2-14(17)8-15(9-14)21(18,19)11-4-5-12-10(7-11)3-6-13(16)20-12/h3-7,17H,2,8-9H2,1H3. The van der Waals surface area contributed by atoms with Crippen LogP contribution in [0.15, 0.2) is 44.4 Å². The van der Waals surface area contributed by atoms with E-state index in [-0.39, 0.29) is 18.0 Å². The van der Waals surface area contributed by atoms with Crippen molar-refractivity contribution < 1.29 is 17.9 Å². The topological polar surface area (TPSA) is 87.8 Å². The molecule has 0 radical (unpaired) electrons. The Morgan fingerprint density at radius 3 is 2.67 bits per heavy atom. The quantitative estimate of drug-likeness (QED) is 0.853. The molecule has 21 heavy (non-hydrogen) atoms. The number of nitrogens with zero attached hydrogens (tertiary/aromatic N) is 1. The van der Waals surface area contributed by atoms with Gasteiger partial charge in [0.25, 0.3) is 0 Å². The Bertz CT molecular complexity index is 849. The van der Waals surface area contributed by atoms with Crippen molar-refractivity contribution in [3.05, 3.63) is 40.8 Å². The Hall–Kier alpha value is -1.70. The van der Waals surface area contributed by atoms with Crippen LogP contribution in [0.3, 0.4) is 0 Å². The van der Waals surface area contributed by atoms with E-state index in [1.54, 1.807) is 0 Å². The molecule has 3 rings (SSSR count). The molecule has 7 heteroatoms. The molecule has 2 heterocycles. The normalized spacial score (nSPS) is 18.6. The van der Waals surface area contributed by atoms with Crippen LogP contribution in [0.25, 0.3) is 11.0 Å². The Labute approximate surface area is 121 Å². The van der Waals surface area contributed by atoms with Crippen LogP contribution in [0.5, 0.6) is 0 Å². The van der Waals surface area contributed by atoms with Crippen molar-refractivity contribution in [1.82, 2.24) is 4.31 Å². The zero-order valence-electron chi connectivity index (χ0n) is 11.4. The third-order valence-electron chi connectivity index (χ3n) is 3.83. The van der Waals surface area contributed by atoms with E-state index < -0.39 is 21.2 Å². The van der Waals surface area contributed by atoms with Gasteiger partial charge < -0.3 is 9.52 Å². The summed E-state index contributed by atoms with van der Waals surface area (Å²) in [5.74, 6) is 0. The van der Waals surface area contributed by atoms with Crippen LogP contribution in [-0.2, 0) is 10.0 Å². The molecule has 1 N–H and O–H groups in total. The SMILES string of the molecule is CCC1(O)CN(S(=O)(=O)c2ccc3oc(=O)ccc3c2)C1. The lowest BCUT2D eigenvalue weighted by Crippen LogP contribution is -2.62. The smallest absolute Gasteiger partial charge is 0.336 e.